The maximum Gasteiger partial charge on any atom is 0.106 e. The van der Waals surface area contributed by atoms with Gasteiger partial charge in [0.2, 0.25) is 0 Å². The standard InChI is InChI=1S/C8H18N2.CH2O/c1-9(2)6-8-4-5-10(3)7-8;1-2/h8H,4-7H2,1-3H3;1H2. The van der Waals surface area contributed by atoms with Crippen molar-refractivity contribution in [1.82, 2.24) is 9.80 Å². The van der Waals surface area contributed by atoms with Crippen LogP contribution in [0.15, 0.2) is 0 Å². The fraction of sp³-hybridized carbons (Fsp3) is 0.889. The SMILES string of the molecule is C=O.CN(C)CC1CCN(C)C1. The molecule has 1 aliphatic rings. The summed E-state index contributed by atoms with van der Waals surface area (Å²) in [6.07, 6.45) is 1.38. The second-order valence-electron chi connectivity index (χ2n) is 3.68. The van der Waals surface area contributed by atoms with Gasteiger partial charge in [-0.15, -0.1) is 0 Å². The molecular formula is C9H20N2O. The summed E-state index contributed by atoms with van der Waals surface area (Å²) in [6, 6.07) is 0. The molecule has 3 nitrogen and oxygen atoms in total. The van der Waals surface area contributed by atoms with Gasteiger partial charge in [0.15, 0.2) is 0 Å². The van der Waals surface area contributed by atoms with Crippen LogP contribution in [-0.4, -0.2) is 57.4 Å². The molecule has 1 saturated heterocycles. The maximum absolute atomic E-state index is 8.00. The summed E-state index contributed by atoms with van der Waals surface area (Å²) in [5.74, 6) is 0.917. The molecule has 0 aromatic rings. The van der Waals surface area contributed by atoms with E-state index in [4.69, 9.17) is 4.79 Å². The third-order valence-electron chi connectivity index (χ3n) is 2.11. The first-order valence-corrected chi connectivity index (χ1v) is 4.30. The first-order valence-electron chi connectivity index (χ1n) is 4.30. The average molecular weight is 172 g/mol. The zero-order valence-corrected chi connectivity index (χ0v) is 8.42. The lowest BCUT2D eigenvalue weighted by Gasteiger charge is -2.15. The van der Waals surface area contributed by atoms with Crippen LogP contribution >= 0.6 is 0 Å². The van der Waals surface area contributed by atoms with Crippen LogP contribution in [0.25, 0.3) is 0 Å². The summed E-state index contributed by atoms with van der Waals surface area (Å²) in [5, 5.41) is 0. The number of likely N-dealkylation sites (tertiary alicyclic amines) is 1. The molecule has 1 fully saturated rings. The Labute approximate surface area is 75.3 Å². The molecule has 1 heterocycles. The van der Waals surface area contributed by atoms with Crippen LogP contribution in [0.3, 0.4) is 0 Å². The van der Waals surface area contributed by atoms with Crippen molar-refractivity contribution in [3.8, 4) is 0 Å². The number of hydrogen-bond acceptors (Lipinski definition) is 3. The number of nitrogens with zero attached hydrogens (tertiary/aromatic N) is 2. The second kappa shape index (κ2) is 6.14. The van der Waals surface area contributed by atoms with Crippen LogP contribution in [0.4, 0.5) is 0 Å². The monoisotopic (exact) mass is 172 g/mol. The van der Waals surface area contributed by atoms with Gasteiger partial charge in [-0.05, 0) is 40.0 Å². The van der Waals surface area contributed by atoms with Crippen LogP contribution in [0.1, 0.15) is 6.42 Å². The molecule has 0 aliphatic carbocycles. The lowest BCUT2D eigenvalue weighted by molar-refractivity contribution is -0.0979. The highest BCUT2D eigenvalue weighted by Gasteiger charge is 2.19. The molecule has 3 heteroatoms. The Morgan fingerprint density at radius 3 is 2.42 bits per heavy atom. The third kappa shape index (κ3) is 4.46. The van der Waals surface area contributed by atoms with Crippen molar-refractivity contribution in [2.45, 2.75) is 6.42 Å². The molecule has 0 aromatic carbocycles. The highest BCUT2D eigenvalue weighted by atomic mass is 16.1. The van der Waals surface area contributed by atoms with Crippen LogP contribution < -0.4 is 0 Å². The lowest BCUT2D eigenvalue weighted by atomic mass is 10.1. The van der Waals surface area contributed by atoms with Crippen molar-refractivity contribution in [1.29, 1.82) is 0 Å². The van der Waals surface area contributed by atoms with Crippen LogP contribution in [0, 0.1) is 5.92 Å². The molecule has 0 amide bonds. The molecule has 72 valence electrons. The fourth-order valence-corrected chi connectivity index (χ4v) is 1.69. The molecule has 0 saturated carbocycles. The summed E-state index contributed by atoms with van der Waals surface area (Å²) >= 11 is 0. The molecular weight excluding hydrogens is 152 g/mol. The predicted molar refractivity (Wildman–Crippen MR) is 51.3 cm³/mol. The van der Waals surface area contributed by atoms with Crippen molar-refractivity contribution in [2.24, 2.45) is 5.92 Å². The number of hydrogen-bond donors (Lipinski definition) is 0. The van der Waals surface area contributed by atoms with Crippen molar-refractivity contribution in [3.63, 3.8) is 0 Å². The van der Waals surface area contributed by atoms with Crippen LogP contribution in [0.2, 0.25) is 0 Å². The Morgan fingerprint density at radius 2 is 2.08 bits per heavy atom. The van der Waals surface area contributed by atoms with Gasteiger partial charge >= 0.3 is 0 Å². The number of carbonyl (C=O) groups excluding carboxylic acids is 1. The first-order chi connectivity index (χ1) is 5.68. The maximum atomic E-state index is 8.00. The quantitative estimate of drug-likeness (QED) is 0.599. The Hall–Kier alpha value is -0.410. The zero-order chi connectivity index (χ0) is 9.56. The fourth-order valence-electron chi connectivity index (χ4n) is 1.69. The first kappa shape index (κ1) is 11.6. The van der Waals surface area contributed by atoms with E-state index in [1.54, 1.807) is 0 Å². The number of carbonyl (C=O) groups is 1. The Balaban J connectivity index is 0.000000561. The minimum Gasteiger partial charge on any atom is -0.309 e. The smallest absolute Gasteiger partial charge is 0.106 e. The van der Waals surface area contributed by atoms with Gasteiger partial charge in [-0.25, -0.2) is 0 Å². The zero-order valence-electron chi connectivity index (χ0n) is 8.42. The van der Waals surface area contributed by atoms with E-state index in [1.165, 1.54) is 26.1 Å². The molecule has 0 N–H and O–H groups in total. The molecule has 1 unspecified atom stereocenters. The van der Waals surface area contributed by atoms with E-state index in [9.17, 15) is 0 Å². The minimum atomic E-state index is 0.917. The highest BCUT2D eigenvalue weighted by Crippen LogP contribution is 2.14. The average Bonchev–Trinajstić information content (AvgIpc) is 2.39. The summed E-state index contributed by atoms with van der Waals surface area (Å²) in [6.45, 7) is 5.83. The van der Waals surface area contributed by atoms with E-state index in [0.717, 1.165) is 5.92 Å². The van der Waals surface area contributed by atoms with Gasteiger partial charge in [0, 0.05) is 13.1 Å². The van der Waals surface area contributed by atoms with Gasteiger partial charge in [-0.2, -0.15) is 0 Å². The summed E-state index contributed by atoms with van der Waals surface area (Å²) in [7, 11) is 6.51. The molecule has 12 heavy (non-hydrogen) atoms. The number of rotatable bonds is 2. The van der Waals surface area contributed by atoms with Gasteiger partial charge in [-0.1, -0.05) is 0 Å². The molecule has 0 spiro atoms. The molecule has 0 bridgehead atoms. The summed E-state index contributed by atoms with van der Waals surface area (Å²) in [4.78, 5) is 12.7. The Kier molecular flexibility index (Phi) is 5.93. The topological polar surface area (TPSA) is 23.6 Å². The molecule has 1 aliphatic heterocycles. The van der Waals surface area contributed by atoms with Crippen molar-refractivity contribution >= 4 is 6.79 Å². The molecule has 1 rings (SSSR count). The van der Waals surface area contributed by atoms with E-state index in [0.29, 0.717) is 0 Å². The molecule has 0 radical (unpaired) electrons. The van der Waals surface area contributed by atoms with E-state index in [-0.39, 0.29) is 0 Å². The van der Waals surface area contributed by atoms with Gasteiger partial charge in [0.25, 0.3) is 0 Å². The Morgan fingerprint density at radius 1 is 1.50 bits per heavy atom. The summed E-state index contributed by atoms with van der Waals surface area (Å²) in [5.41, 5.74) is 0. The summed E-state index contributed by atoms with van der Waals surface area (Å²) < 4.78 is 0. The van der Waals surface area contributed by atoms with E-state index >= 15 is 0 Å². The van der Waals surface area contributed by atoms with Crippen LogP contribution in [0.5, 0.6) is 0 Å². The third-order valence-corrected chi connectivity index (χ3v) is 2.11. The Bertz CT molecular complexity index is 117. The molecule has 1 atom stereocenters. The predicted octanol–water partition coefficient (Wildman–Crippen LogP) is 0.315. The van der Waals surface area contributed by atoms with Crippen molar-refractivity contribution in [2.75, 3.05) is 40.8 Å². The van der Waals surface area contributed by atoms with E-state index in [2.05, 4.69) is 30.9 Å². The highest BCUT2D eigenvalue weighted by molar-refractivity contribution is 5.10. The van der Waals surface area contributed by atoms with Crippen molar-refractivity contribution < 1.29 is 4.79 Å². The second-order valence-corrected chi connectivity index (χ2v) is 3.68. The lowest BCUT2D eigenvalue weighted by Crippen LogP contribution is -2.23. The van der Waals surface area contributed by atoms with E-state index < -0.39 is 0 Å². The van der Waals surface area contributed by atoms with Crippen LogP contribution in [-0.2, 0) is 4.79 Å². The van der Waals surface area contributed by atoms with Gasteiger partial charge < -0.3 is 14.6 Å². The normalized spacial score (nSPS) is 23.8. The van der Waals surface area contributed by atoms with Crippen molar-refractivity contribution in [3.05, 3.63) is 0 Å². The van der Waals surface area contributed by atoms with Gasteiger partial charge in [0.1, 0.15) is 6.79 Å². The van der Waals surface area contributed by atoms with Gasteiger partial charge in [0.05, 0.1) is 0 Å². The van der Waals surface area contributed by atoms with Gasteiger partial charge in [-0.3, -0.25) is 0 Å². The van der Waals surface area contributed by atoms with E-state index in [1.807, 2.05) is 6.79 Å². The minimum absolute atomic E-state index is 0.917. The molecule has 0 aromatic heterocycles. The largest absolute Gasteiger partial charge is 0.309 e.